The van der Waals surface area contributed by atoms with Gasteiger partial charge in [-0.15, -0.1) is 0 Å². The third-order valence-electron chi connectivity index (χ3n) is 4.06. The summed E-state index contributed by atoms with van der Waals surface area (Å²) in [7, 11) is 0. The minimum atomic E-state index is 0.223. The quantitative estimate of drug-likeness (QED) is 0.860. The Bertz CT molecular complexity index is 660. The molecule has 1 N–H and O–H groups in total. The zero-order valence-electron chi connectivity index (χ0n) is 10.9. The van der Waals surface area contributed by atoms with Gasteiger partial charge in [-0.1, -0.05) is 5.16 Å². The predicted octanol–water partition coefficient (Wildman–Crippen LogP) is 0.609. The fraction of sp³-hybridized carbons (Fsp3) is 0.462. The number of rotatable bonds is 2. The van der Waals surface area contributed by atoms with Crippen molar-refractivity contribution < 1.29 is 4.52 Å². The molecule has 7 heteroatoms. The summed E-state index contributed by atoms with van der Waals surface area (Å²) in [6.07, 6.45) is 0. The number of nitriles is 1. The second kappa shape index (κ2) is 4.44. The summed E-state index contributed by atoms with van der Waals surface area (Å²) >= 11 is 0. The van der Waals surface area contributed by atoms with E-state index in [-0.39, 0.29) is 6.04 Å². The van der Waals surface area contributed by atoms with Gasteiger partial charge >= 0.3 is 0 Å². The first-order valence-electron chi connectivity index (χ1n) is 6.73. The molecule has 3 saturated heterocycles. The van der Waals surface area contributed by atoms with Crippen LogP contribution in [-0.4, -0.2) is 57.6 Å². The molecule has 0 saturated carbocycles. The molecule has 1 atom stereocenters. The fourth-order valence-electron chi connectivity index (χ4n) is 2.93. The molecule has 102 valence electrons. The molecular formula is C13H14N6O. The van der Waals surface area contributed by atoms with E-state index in [2.05, 4.69) is 24.9 Å². The highest BCUT2D eigenvalue weighted by molar-refractivity contribution is 5.49. The summed E-state index contributed by atoms with van der Waals surface area (Å²) in [6, 6.07) is 5.76. The van der Waals surface area contributed by atoms with Crippen LogP contribution in [0.5, 0.6) is 0 Å². The van der Waals surface area contributed by atoms with Crippen molar-refractivity contribution in [1.82, 2.24) is 24.9 Å². The van der Waals surface area contributed by atoms with Gasteiger partial charge in [0.1, 0.15) is 17.5 Å². The van der Waals surface area contributed by atoms with Crippen molar-refractivity contribution in [2.75, 3.05) is 32.7 Å². The molecule has 2 aromatic heterocycles. The summed E-state index contributed by atoms with van der Waals surface area (Å²) in [5, 5.41) is 12.9. The van der Waals surface area contributed by atoms with Crippen molar-refractivity contribution in [3.8, 4) is 17.7 Å². The summed E-state index contributed by atoms with van der Waals surface area (Å²) < 4.78 is 5.32. The van der Waals surface area contributed by atoms with Crippen LogP contribution in [0.1, 0.15) is 17.6 Å². The molecule has 2 bridgehead atoms. The van der Waals surface area contributed by atoms with E-state index in [0.29, 0.717) is 17.3 Å². The van der Waals surface area contributed by atoms with Gasteiger partial charge in [-0.2, -0.15) is 10.2 Å². The summed E-state index contributed by atoms with van der Waals surface area (Å²) in [5.41, 5.74) is 1.18. The Hall–Kier alpha value is -2.17. The van der Waals surface area contributed by atoms with Crippen LogP contribution in [0.15, 0.2) is 16.7 Å². The van der Waals surface area contributed by atoms with Crippen LogP contribution in [0, 0.1) is 11.3 Å². The highest BCUT2D eigenvalue weighted by Crippen LogP contribution is 2.28. The monoisotopic (exact) mass is 270 g/mol. The van der Waals surface area contributed by atoms with Crippen LogP contribution in [0.3, 0.4) is 0 Å². The van der Waals surface area contributed by atoms with Crippen molar-refractivity contribution in [3.63, 3.8) is 0 Å². The first-order valence-corrected chi connectivity index (χ1v) is 6.73. The van der Waals surface area contributed by atoms with Crippen LogP contribution in [0.2, 0.25) is 0 Å². The molecule has 0 spiro atoms. The van der Waals surface area contributed by atoms with E-state index >= 15 is 0 Å². The smallest absolute Gasteiger partial charge is 0.274 e. The third-order valence-corrected chi connectivity index (χ3v) is 4.06. The average molecular weight is 270 g/mol. The molecule has 0 aromatic carbocycles. The largest absolute Gasteiger partial charge is 0.342 e. The molecule has 0 amide bonds. The average Bonchev–Trinajstić information content (AvgIpc) is 3.17. The number of piperazine rings is 3. The fourth-order valence-corrected chi connectivity index (χ4v) is 2.93. The molecule has 5 rings (SSSR count). The first kappa shape index (κ1) is 11.6. The van der Waals surface area contributed by atoms with E-state index in [9.17, 15) is 0 Å². The number of hydrogen-bond donors (Lipinski definition) is 1. The Balaban J connectivity index is 1.60. The molecule has 1 unspecified atom stereocenters. The Morgan fingerprint density at radius 2 is 2.15 bits per heavy atom. The van der Waals surface area contributed by atoms with Crippen molar-refractivity contribution >= 4 is 0 Å². The summed E-state index contributed by atoms with van der Waals surface area (Å²) in [5.74, 6) is 1.18. The SMILES string of the molecule is N#Cc1ccc(-c2nc(C3CN4CCN3CC4)no2)[nH]1. The number of nitrogens with zero attached hydrogens (tertiary/aromatic N) is 5. The molecule has 2 aromatic rings. The second-order valence-electron chi connectivity index (χ2n) is 5.21. The maximum absolute atomic E-state index is 8.82. The van der Waals surface area contributed by atoms with Gasteiger partial charge in [0.2, 0.25) is 0 Å². The second-order valence-corrected chi connectivity index (χ2v) is 5.21. The van der Waals surface area contributed by atoms with Gasteiger partial charge in [-0.05, 0) is 12.1 Å². The molecule has 20 heavy (non-hydrogen) atoms. The Morgan fingerprint density at radius 1 is 1.30 bits per heavy atom. The van der Waals surface area contributed by atoms with E-state index in [1.165, 1.54) is 0 Å². The lowest BCUT2D eigenvalue weighted by atomic mass is 10.1. The van der Waals surface area contributed by atoms with Crippen LogP contribution < -0.4 is 0 Å². The maximum Gasteiger partial charge on any atom is 0.274 e. The first-order chi connectivity index (χ1) is 9.83. The minimum absolute atomic E-state index is 0.223. The molecule has 0 aliphatic carbocycles. The van der Waals surface area contributed by atoms with Gasteiger partial charge in [0, 0.05) is 32.7 Å². The topological polar surface area (TPSA) is 85.0 Å². The van der Waals surface area contributed by atoms with Crippen LogP contribution in [0.4, 0.5) is 0 Å². The number of aromatic nitrogens is 3. The number of hydrogen-bond acceptors (Lipinski definition) is 6. The van der Waals surface area contributed by atoms with Crippen molar-refractivity contribution in [2.45, 2.75) is 6.04 Å². The van der Waals surface area contributed by atoms with E-state index in [4.69, 9.17) is 9.78 Å². The van der Waals surface area contributed by atoms with Crippen LogP contribution in [0.25, 0.3) is 11.6 Å². The highest BCUT2D eigenvalue weighted by atomic mass is 16.5. The van der Waals surface area contributed by atoms with Gasteiger partial charge in [-0.25, -0.2) is 0 Å². The van der Waals surface area contributed by atoms with Crippen molar-refractivity contribution in [2.24, 2.45) is 0 Å². The van der Waals surface area contributed by atoms with Crippen LogP contribution >= 0.6 is 0 Å². The van der Waals surface area contributed by atoms with Crippen molar-refractivity contribution in [1.29, 1.82) is 5.26 Å². The number of fused-ring (bicyclic) bond motifs is 3. The van der Waals surface area contributed by atoms with Gasteiger partial charge in [0.15, 0.2) is 5.82 Å². The highest BCUT2D eigenvalue weighted by Gasteiger charge is 2.35. The molecule has 7 nitrogen and oxygen atoms in total. The maximum atomic E-state index is 8.82. The van der Waals surface area contributed by atoms with Gasteiger partial charge in [-0.3, -0.25) is 9.80 Å². The minimum Gasteiger partial charge on any atom is -0.342 e. The molecule has 0 radical (unpaired) electrons. The lowest BCUT2D eigenvalue weighted by Crippen LogP contribution is -2.57. The molecule has 3 aliphatic heterocycles. The molecule has 3 fully saturated rings. The number of nitrogens with one attached hydrogen (secondary N) is 1. The number of H-pyrrole nitrogens is 1. The van der Waals surface area contributed by atoms with E-state index in [0.717, 1.165) is 38.5 Å². The van der Waals surface area contributed by atoms with Crippen molar-refractivity contribution in [3.05, 3.63) is 23.7 Å². The van der Waals surface area contributed by atoms with Gasteiger partial charge in [0.05, 0.1) is 6.04 Å². The Labute approximate surface area is 115 Å². The Morgan fingerprint density at radius 3 is 2.80 bits per heavy atom. The Kier molecular flexibility index (Phi) is 2.58. The predicted molar refractivity (Wildman–Crippen MR) is 69.6 cm³/mol. The molecule has 5 heterocycles. The third kappa shape index (κ3) is 1.81. The van der Waals surface area contributed by atoms with E-state index in [1.807, 2.05) is 6.07 Å². The summed E-state index contributed by atoms with van der Waals surface area (Å²) in [4.78, 5) is 12.3. The van der Waals surface area contributed by atoms with E-state index in [1.54, 1.807) is 12.1 Å². The van der Waals surface area contributed by atoms with Crippen LogP contribution in [-0.2, 0) is 0 Å². The van der Waals surface area contributed by atoms with E-state index < -0.39 is 0 Å². The van der Waals surface area contributed by atoms with Gasteiger partial charge < -0.3 is 9.51 Å². The molecule has 3 aliphatic rings. The normalized spacial score (nSPS) is 28.4. The molecular weight excluding hydrogens is 256 g/mol. The van der Waals surface area contributed by atoms with Gasteiger partial charge in [0.25, 0.3) is 5.89 Å². The number of aromatic amines is 1. The lowest BCUT2D eigenvalue weighted by Gasteiger charge is -2.46. The lowest BCUT2D eigenvalue weighted by molar-refractivity contribution is 0.00781. The standard InChI is InChI=1S/C13H14N6O/c14-7-9-1-2-10(15-9)13-16-12(17-20-13)11-8-18-3-5-19(11)6-4-18/h1-2,11,15H,3-6,8H2. The zero-order chi connectivity index (χ0) is 13.5. The zero-order valence-corrected chi connectivity index (χ0v) is 10.9. The summed E-state index contributed by atoms with van der Waals surface area (Å²) in [6.45, 7) is 5.35.